The second kappa shape index (κ2) is 13.6. The topological polar surface area (TPSA) is 96.0 Å². The number of para-hydroxylation sites is 2. The molecule has 3 aromatic rings. The molecule has 1 fully saturated rings. The number of hydrogen-bond donors (Lipinski definition) is 1. The maximum absolute atomic E-state index is 14.1. The summed E-state index contributed by atoms with van der Waals surface area (Å²) in [7, 11) is -2.77. The highest BCUT2D eigenvalue weighted by Crippen LogP contribution is 2.33. The number of methoxy groups -OCH3 is 1. The van der Waals surface area contributed by atoms with Gasteiger partial charge in [0.05, 0.1) is 27.7 Å². The van der Waals surface area contributed by atoms with Crippen LogP contribution in [0.5, 0.6) is 5.75 Å². The number of nitrogens with zero attached hydrogens (tertiary/aromatic N) is 2. The Bertz CT molecular complexity index is 1480. The molecule has 1 N–H and O–H groups in total. The van der Waals surface area contributed by atoms with Crippen LogP contribution in [0.25, 0.3) is 0 Å². The number of hydrogen-bond acceptors (Lipinski definition) is 5. The lowest BCUT2D eigenvalue weighted by Crippen LogP contribution is -2.52. The van der Waals surface area contributed by atoms with Gasteiger partial charge in [0.25, 0.3) is 10.0 Å². The van der Waals surface area contributed by atoms with E-state index < -0.39 is 28.5 Å². The van der Waals surface area contributed by atoms with Crippen molar-refractivity contribution >= 4 is 50.7 Å². The van der Waals surface area contributed by atoms with Crippen LogP contribution < -0.4 is 14.4 Å². The van der Waals surface area contributed by atoms with E-state index >= 15 is 0 Å². The maximum atomic E-state index is 14.1. The molecule has 218 valence electrons. The number of carbonyl (C=O) groups is 2. The number of nitrogens with one attached hydrogen (secondary N) is 1. The summed E-state index contributed by atoms with van der Waals surface area (Å²) in [4.78, 5) is 28.8. The Kier molecular flexibility index (Phi) is 10.2. The van der Waals surface area contributed by atoms with Gasteiger partial charge < -0.3 is 15.0 Å². The van der Waals surface area contributed by atoms with Crippen LogP contribution >= 0.6 is 23.2 Å². The first kappa shape index (κ1) is 30.7. The molecule has 2 amide bonds. The van der Waals surface area contributed by atoms with E-state index in [1.807, 2.05) is 0 Å². The van der Waals surface area contributed by atoms with Crippen molar-refractivity contribution in [1.29, 1.82) is 0 Å². The molecule has 41 heavy (non-hydrogen) atoms. The molecule has 1 aliphatic carbocycles. The molecule has 0 aromatic heterocycles. The van der Waals surface area contributed by atoms with Crippen molar-refractivity contribution in [3.8, 4) is 5.75 Å². The van der Waals surface area contributed by atoms with Gasteiger partial charge in [-0.05, 0) is 61.7 Å². The number of sulfonamides is 1. The average molecular weight is 619 g/mol. The van der Waals surface area contributed by atoms with E-state index in [4.69, 9.17) is 27.9 Å². The van der Waals surface area contributed by atoms with Crippen molar-refractivity contribution in [3.05, 3.63) is 88.4 Å². The SMILES string of the molecule is COc1ccccc1N(CC(=O)N(Cc1ccc(Cl)c(Cl)c1)[C@H](C)C(=O)NC1CCCC1)S(=O)(=O)c1ccccc1. The van der Waals surface area contributed by atoms with E-state index in [-0.39, 0.29) is 34.8 Å². The van der Waals surface area contributed by atoms with Gasteiger partial charge in [-0.15, -0.1) is 0 Å². The number of rotatable bonds is 11. The molecular formula is C30H33Cl2N3O5S. The first-order chi connectivity index (χ1) is 19.6. The van der Waals surface area contributed by atoms with Crippen LogP contribution in [-0.2, 0) is 26.2 Å². The molecule has 11 heteroatoms. The smallest absolute Gasteiger partial charge is 0.264 e. The van der Waals surface area contributed by atoms with Gasteiger partial charge in [0.2, 0.25) is 11.8 Å². The standard InChI is InChI=1S/C30H33Cl2N3O5S/c1-21(30(37)33-23-10-6-7-11-23)34(19-22-16-17-25(31)26(32)18-22)29(36)20-35(27-14-8-9-15-28(27)40-2)41(38,39)24-12-4-3-5-13-24/h3-5,8-9,12-18,21,23H,6-7,10-11,19-20H2,1-2H3,(H,33,37)/t21-/m1/s1. The molecule has 0 spiro atoms. The number of halogens is 2. The summed E-state index contributed by atoms with van der Waals surface area (Å²) in [5.41, 5.74) is 0.841. The fraction of sp³-hybridized carbons (Fsp3) is 0.333. The summed E-state index contributed by atoms with van der Waals surface area (Å²) in [5, 5.41) is 3.71. The lowest BCUT2D eigenvalue weighted by Gasteiger charge is -2.33. The van der Waals surface area contributed by atoms with Crippen LogP contribution in [0.2, 0.25) is 10.0 Å². The summed E-state index contributed by atoms with van der Waals surface area (Å²) in [6, 6.07) is 18.6. The van der Waals surface area contributed by atoms with Gasteiger partial charge in [-0.2, -0.15) is 0 Å². The predicted molar refractivity (Wildman–Crippen MR) is 161 cm³/mol. The van der Waals surface area contributed by atoms with Crippen LogP contribution in [0, 0.1) is 0 Å². The Balaban J connectivity index is 1.71. The van der Waals surface area contributed by atoms with E-state index in [0.717, 1.165) is 30.0 Å². The molecule has 1 saturated carbocycles. The van der Waals surface area contributed by atoms with Gasteiger partial charge in [0, 0.05) is 12.6 Å². The highest BCUT2D eigenvalue weighted by atomic mass is 35.5. The Morgan fingerprint density at radius 1 is 0.976 bits per heavy atom. The molecule has 8 nitrogen and oxygen atoms in total. The van der Waals surface area contributed by atoms with Gasteiger partial charge in [0.1, 0.15) is 18.3 Å². The summed E-state index contributed by atoms with van der Waals surface area (Å²) < 4.78 is 34.3. The number of benzene rings is 3. The quantitative estimate of drug-likeness (QED) is 0.299. The van der Waals surface area contributed by atoms with Crippen molar-refractivity contribution in [2.45, 2.75) is 56.1 Å². The van der Waals surface area contributed by atoms with E-state index in [0.29, 0.717) is 15.6 Å². The van der Waals surface area contributed by atoms with Crippen molar-refractivity contribution < 1.29 is 22.7 Å². The Morgan fingerprint density at radius 2 is 1.63 bits per heavy atom. The summed E-state index contributed by atoms with van der Waals surface area (Å²) in [6.45, 7) is 1.08. The Morgan fingerprint density at radius 3 is 2.29 bits per heavy atom. The van der Waals surface area contributed by atoms with Gasteiger partial charge >= 0.3 is 0 Å². The van der Waals surface area contributed by atoms with Gasteiger partial charge in [-0.1, -0.05) is 72.4 Å². The third-order valence-corrected chi connectivity index (χ3v) is 9.68. The van der Waals surface area contributed by atoms with E-state index in [1.54, 1.807) is 67.6 Å². The summed E-state index contributed by atoms with van der Waals surface area (Å²) in [6.07, 6.45) is 3.85. The zero-order chi connectivity index (χ0) is 29.6. The highest BCUT2D eigenvalue weighted by Gasteiger charge is 2.34. The van der Waals surface area contributed by atoms with Crippen LogP contribution in [0.3, 0.4) is 0 Å². The first-order valence-electron chi connectivity index (χ1n) is 13.4. The number of ether oxygens (including phenoxy) is 1. The molecule has 1 atom stereocenters. The van der Waals surface area contributed by atoms with Crippen molar-refractivity contribution in [2.75, 3.05) is 18.0 Å². The highest BCUT2D eigenvalue weighted by molar-refractivity contribution is 7.92. The molecular weight excluding hydrogens is 585 g/mol. The van der Waals surface area contributed by atoms with Gasteiger partial charge in [-0.25, -0.2) is 8.42 Å². The molecule has 3 aromatic carbocycles. The first-order valence-corrected chi connectivity index (χ1v) is 15.6. The fourth-order valence-electron chi connectivity index (χ4n) is 4.88. The predicted octanol–water partition coefficient (Wildman–Crippen LogP) is 5.67. The second-order valence-electron chi connectivity index (χ2n) is 9.93. The fourth-order valence-corrected chi connectivity index (χ4v) is 6.64. The minimum Gasteiger partial charge on any atom is -0.495 e. The van der Waals surface area contributed by atoms with E-state index in [9.17, 15) is 18.0 Å². The Hall–Kier alpha value is -3.27. The molecule has 0 unspecified atom stereocenters. The number of amides is 2. The third-order valence-electron chi connectivity index (χ3n) is 7.17. The zero-order valence-corrected chi connectivity index (χ0v) is 25.3. The minimum absolute atomic E-state index is 0.0140. The van der Waals surface area contributed by atoms with E-state index in [2.05, 4.69) is 5.32 Å². The number of carbonyl (C=O) groups excluding carboxylic acids is 2. The van der Waals surface area contributed by atoms with Crippen LogP contribution in [0.1, 0.15) is 38.2 Å². The van der Waals surface area contributed by atoms with Crippen molar-refractivity contribution in [2.24, 2.45) is 0 Å². The molecule has 0 aliphatic heterocycles. The van der Waals surface area contributed by atoms with Crippen LogP contribution in [-0.4, -0.2) is 50.9 Å². The number of anilines is 1. The molecule has 0 saturated heterocycles. The molecule has 1 aliphatic rings. The summed E-state index contributed by atoms with van der Waals surface area (Å²) >= 11 is 12.3. The largest absolute Gasteiger partial charge is 0.495 e. The average Bonchev–Trinajstić information content (AvgIpc) is 3.49. The zero-order valence-electron chi connectivity index (χ0n) is 22.9. The third kappa shape index (κ3) is 7.33. The maximum Gasteiger partial charge on any atom is 0.264 e. The molecule has 0 radical (unpaired) electrons. The molecule has 0 heterocycles. The van der Waals surface area contributed by atoms with E-state index in [1.165, 1.54) is 24.1 Å². The minimum atomic E-state index is -4.20. The van der Waals surface area contributed by atoms with Gasteiger partial charge in [0.15, 0.2) is 0 Å². The monoisotopic (exact) mass is 617 g/mol. The lowest BCUT2D eigenvalue weighted by molar-refractivity contribution is -0.139. The van der Waals surface area contributed by atoms with Crippen molar-refractivity contribution in [1.82, 2.24) is 10.2 Å². The molecule has 0 bridgehead atoms. The lowest BCUT2D eigenvalue weighted by atomic mass is 10.1. The second-order valence-corrected chi connectivity index (χ2v) is 12.6. The van der Waals surface area contributed by atoms with Crippen molar-refractivity contribution in [3.63, 3.8) is 0 Å². The van der Waals surface area contributed by atoms with Crippen LogP contribution in [0.4, 0.5) is 5.69 Å². The molecule has 4 rings (SSSR count). The summed E-state index contributed by atoms with van der Waals surface area (Å²) in [5.74, 6) is -0.599. The Labute approximate surface area is 251 Å². The van der Waals surface area contributed by atoms with Gasteiger partial charge in [-0.3, -0.25) is 13.9 Å². The normalized spacial score (nSPS) is 14.3. The van der Waals surface area contributed by atoms with Crippen LogP contribution in [0.15, 0.2) is 77.7 Å².